The summed E-state index contributed by atoms with van der Waals surface area (Å²) in [5.41, 5.74) is 8.25. The predicted molar refractivity (Wildman–Crippen MR) is 122 cm³/mol. The van der Waals surface area contributed by atoms with E-state index in [1.54, 1.807) is 12.1 Å². The summed E-state index contributed by atoms with van der Waals surface area (Å²) in [6.07, 6.45) is 4.56. The number of halogens is 1. The molecule has 31 heavy (non-hydrogen) atoms. The molecule has 4 rings (SSSR count). The molecule has 0 amide bonds. The largest absolute Gasteiger partial charge is 0.393 e. The normalized spacial score (nSPS) is 43.1. The molecule has 3 aliphatic carbocycles. The van der Waals surface area contributed by atoms with Crippen LogP contribution in [0.4, 0.5) is 4.39 Å². The summed E-state index contributed by atoms with van der Waals surface area (Å²) in [6.45, 7) is 10.2. The van der Waals surface area contributed by atoms with E-state index in [0.29, 0.717) is 6.54 Å². The Kier molecular flexibility index (Phi) is 6.34. The quantitative estimate of drug-likeness (QED) is 0.537. The highest BCUT2D eigenvalue weighted by atomic mass is 19.1. The van der Waals surface area contributed by atoms with Gasteiger partial charge in [-0.3, -0.25) is 0 Å². The maximum atomic E-state index is 13.5. The lowest BCUT2D eigenvalue weighted by Crippen LogP contribution is -2.54. The van der Waals surface area contributed by atoms with Crippen LogP contribution in [0.15, 0.2) is 36.4 Å². The van der Waals surface area contributed by atoms with Crippen LogP contribution >= 0.6 is 0 Å². The first-order valence-corrected chi connectivity index (χ1v) is 11.9. The lowest BCUT2D eigenvalue weighted by atomic mass is 9.52. The summed E-state index contributed by atoms with van der Waals surface area (Å²) in [6, 6.07) is 6.65. The van der Waals surface area contributed by atoms with Crippen LogP contribution in [0.1, 0.15) is 57.9 Å². The van der Waals surface area contributed by atoms with E-state index in [-0.39, 0.29) is 46.5 Å². The molecule has 0 aliphatic heterocycles. The highest BCUT2D eigenvalue weighted by Crippen LogP contribution is 2.60. The molecule has 0 spiro atoms. The van der Waals surface area contributed by atoms with Crippen LogP contribution in [0.2, 0.25) is 0 Å². The predicted octanol–water partition coefficient (Wildman–Crippen LogP) is 3.76. The number of hydrogen-bond donors (Lipinski definition) is 4. The Morgan fingerprint density at radius 2 is 1.94 bits per heavy atom. The maximum absolute atomic E-state index is 13.5. The number of nitrogens with one attached hydrogen (secondary N) is 1. The molecule has 1 aromatic carbocycles. The second-order valence-electron chi connectivity index (χ2n) is 10.9. The molecule has 3 saturated carbocycles. The first-order chi connectivity index (χ1) is 14.6. The molecule has 0 heterocycles. The summed E-state index contributed by atoms with van der Waals surface area (Å²) >= 11 is 0. The zero-order chi connectivity index (χ0) is 22.4. The Labute approximate surface area is 186 Å². The van der Waals surface area contributed by atoms with Gasteiger partial charge in [0.2, 0.25) is 0 Å². The van der Waals surface area contributed by atoms with Gasteiger partial charge in [-0.05, 0) is 91.3 Å². The molecule has 8 atom stereocenters. The Morgan fingerprint density at radius 1 is 1.16 bits per heavy atom. The van der Waals surface area contributed by atoms with Crippen molar-refractivity contribution in [3.05, 3.63) is 47.8 Å². The maximum Gasteiger partial charge on any atom is 0.123 e. The molecule has 3 aliphatic rings. The molecule has 3 fully saturated rings. The van der Waals surface area contributed by atoms with E-state index >= 15 is 0 Å². The third-order valence-electron chi connectivity index (χ3n) is 9.27. The van der Waals surface area contributed by atoms with E-state index in [1.165, 1.54) is 6.07 Å². The van der Waals surface area contributed by atoms with Gasteiger partial charge in [-0.1, -0.05) is 38.1 Å². The fourth-order valence-electron chi connectivity index (χ4n) is 7.07. The van der Waals surface area contributed by atoms with Gasteiger partial charge in [0.15, 0.2) is 0 Å². The molecular weight excluding hydrogens is 391 g/mol. The van der Waals surface area contributed by atoms with Gasteiger partial charge >= 0.3 is 0 Å². The van der Waals surface area contributed by atoms with Crippen LogP contribution in [-0.4, -0.2) is 35.0 Å². The van der Waals surface area contributed by atoms with Crippen LogP contribution in [-0.2, 0) is 6.54 Å². The molecule has 0 radical (unpaired) electrons. The van der Waals surface area contributed by atoms with Gasteiger partial charge in [0.1, 0.15) is 5.82 Å². The van der Waals surface area contributed by atoms with Crippen LogP contribution in [0, 0.1) is 34.4 Å². The minimum absolute atomic E-state index is 0.0203. The number of aliphatic hydroxyl groups is 2. The molecule has 0 saturated heterocycles. The van der Waals surface area contributed by atoms with Crippen molar-refractivity contribution in [2.24, 2.45) is 34.3 Å². The van der Waals surface area contributed by atoms with Crippen LogP contribution in [0.3, 0.4) is 0 Å². The Hall–Kier alpha value is -1.27. The number of rotatable bonds is 5. The minimum Gasteiger partial charge on any atom is -0.393 e. The van der Waals surface area contributed by atoms with E-state index < -0.39 is 6.10 Å². The third kappa shape index (κ3) is 4.10. The Balaban J connectivity index is 1.49. The average molecular weight is 431 g/mol. The third-order valence-corrected chi connectivity index (χ3v) is 9.27. The topological polar surface area (TPSA) is 78.5 Å². The molecular formula is C26H39FN2O2. The molecule has 172 valence electrons. The van der Waals surface area contributed by atoms with Crippen molar-refractivity contribution in [1.82, 2.24) is 5.32 Å². The van der Waals surface area contributed by atoms with E-state index in [4.69, 9.17) is 5.73 Å². The van der Waals surface area contributed by atoms with Gasteiger partial charge in [0.25, 0.3) is 0 Å². The van der Waals surface area contributed by atoms with Gasteiger partial charge in [-0.2, -0.15) is 0 Å². The minimum atomic E-state index is -0.394. The highest BCUT2D eigenvalue weighted by Gasteiger charge is 2.58. The van der Waals surface area contributed by atoms with Gasteiger partial charge in [-0.15, -0.1) is 0 Å². The fourth-order valence-corrected chi connectivity index (χ4v) is 7.07. The summed E-state index contributed by atoms with van der Waals surface area (Å²) in [4.78, 5) is 0. The van der Waals surface area contributed by atoms with Crippen molar-refractivity contribution in [3.8, 4) is 0 Å². The highest BCUT2D eigenvalue weighted by molar-refractivity contribution is 5.26. The van der Waals surface area contributed by atoms with Crippen molar-refractivity contribution in [2.75, 3.05) is 6.54 Å². The molecule has 0 bridgehead atoms. The molecule has 1 aromatic rings. The van der Waals surface area contributed by atoms with Crippen molar-refractivity contribution < 1.29 is 14.6 Å². The number of fused-ring (bicyclic) bond motifs is 1. The van der Waals surface area contributed by atoms with Crippen LogP contribution in [0.25, 0.3) is 0 Å². The van der Waals surface area contributed by atoms with Crippen molar-refractivity contribution in [3.63, 3.8) is 0 Å². The van der Waals surface area contributed by atoms with Gasteiger partial charge in [-0.25, -0.2) is 4.39 Å². The zero-order valence-corrected chi connectivity index (χ0v) is 19.0. The van der Waals surface area contributed by atoms with E-state index in [0.717, 1.165) is 56.2 Å². The smallest absolute Gasteiger partial charge is 0.123 e. The molecule has 5 heteroatoms. The lowest BCUT2D eigenvalue weighted by molar-refractivity contribution is -0.118. The van der Waals surface area contributed by atoms with Crippen molar-refractivity contribution in [2.45, 2.75) is 77.2 Å². The molecule has 0 aromatic heterocycles. The summed E-state index contributed by atoms with van der Waals surface area (Å²) < 4.78 is 13.5. The first kappa shape index (κ1) is 22.9. The molecule has 4 nitrogen and oxygen atoms in total. The van der Waals surface area contributed by atoms with Crippen LogP contribution in [0.5, 0.6) is 0 Å². The van der Waals surface area contributed by atoms with E-state index in [2.05, 4.69) is 25.7 Å². The summed E-state index contributed by atoms with van der Waals surface area (Å²) in [5, 5.41) is 25.5. The molecule has 3 unspecified atom stereocenters. The first-order valence-electron chi connectivity index (χ1n) is 11.9. The number of aliphatic hydroxyl groups excluding tert-OH is 2. The average Bonchev–Trinajstić information content (AvgIpc) is 2.96. The van der Waals surface area contributed by atoms with Gasteiger partial charge < -0.3 is 21.3 Å². The van der Waals surface area contributed by atoms with Crippen LogP contribution < -0.4 is 11.1 Å². The second kappa shape index (κ2) is 8.58. The number of hydrogen-bond acceptors (Lipinski definition) is 4. The zero-order valence-electron chi connectivity index (χ0n) is 19.0. The second-order valence-corrected chi connectivity index (χ2v) is 10.9. The van der Waals surface area contributed by atoms with Gasteiger partial charge in [0, 0.05) is 12.6 Å². The van der Waals surface area contributed by atoms with E-state index in [1.807, 2.05) is 6.07 Å². The number of nitrogens with two attached hydrogens (primary N) is 1. The summed E-state index contributed by atoms with van der Waals surface area (Å²) in [7, 11) is 0. The van der Waals surface area contributed by atoms with Gasteiger partial charge in [0.05, 0.1) is 12.2 Å². The Morgan fingerprint density at radius 3 is 2.68 bits per heavy atom. The monoisotopic (exact) mass is 430 g/mol. The molecule has 5 N–H and O–H groups in total. The number of benzene rings is 1. The standard InChI is InChI=1S/C26H39FN2O2/c1-16-23(28)13-22-24(31)21(8-10-25(16,22)2)26(3)9-7-20(30)12-18(26)15-29-14-17-5-4-6-19(27)11-17/h4-6,11,18,20-24,29-31H,1,7-10,12-15,28H2,2-3H3/t18-,20+,21?,22?,23?,24-,25-,26+/m1/s1. The van der Waals surface area contributed by atoms with Crippen molar-refractivity contribution >= 4 is 0 Å². The fraction of sp³-hybridized carbons (Fsp3) is 0.692. The summed E-state index contributed by atoms with van der Waals surface area (Å²) in [5.74, 6) is 0.393. The lowest BCUT2D eigenvalue weighted by Gasteiger charge is -2.55. The SMILES string of the molecule is C=C1C(N)CC2[C@H](O)C([C@@]3(C)CC[C@H](O)C[C@@H]3CNCc3cccc(F)c3)CC[C@]12C. The van der Waals surface area contributed by atoms with E-state index in [9.17, 15) is 14.6 Å². The Bertz CT molecular complexity index is 816. The van der Waals surface area contributed by atoms with Crippen molar-refractivity contribution in [1.29, 1.82) is 0 Å².